The summed E-state index contributed by atoms with van der Waals surface area (Å²) in [5, 5.41) is 18.1. The predicted octanol–water partition coefficient (Wildman–Crippen LogP) is 3.36. The first kappa shape index (κ1) is 19.6. The largest absolute Gasteiger partial charge is 0.320 e. The van der Waals surface area contributed by atoms with Crippen LogP contribution in [0.5, 0.6) is 0 Å². The van der Waals surface area contributed by atoms with Crippen LogP contribution in [0.25, 0.3) is 0 Å². The molecule has 2 amide bonds. The van der Waals surface area contributed by atoms with E-state index in [1.807, 2.05) is 6.92 Å². The van der Waals surface area contributed by atoms with Gasteiger partial charge in [-0.25, -0.2) is 5.43 Å². The lowest BCUT2D eigenvalue weighted by molar-refractivity contribution is -0.383. The Morgan fingerprint density at radius 2 is 2.15 bits per heavy atom. The molecule has 0 fully saturated rings. The molecule has 0 radical (unpaired) electrons. The number of carbonyl (C=O) groups excluding carboxylic acids is 2. The van der Waals surface area contributed by atoms with Gasteiger partial charge < -0.3 is 5.32 Å². The van der Waals surface area contributed by atoms with Gasteiger partial charge in [-0.05, 0) is 12.5 Å². The number of hydrogen-bond donors (Lipinski definition) is 2. The van der Waals surface area contributed by atoms with Crippen molar-refractivity contribution in [1.82, 2.24) is 5.43 Å². The molecule has 26 heavy (non-hydrogen) atoms. The second-order valence-corrected chi connectivity index (χ2v) is 6.49. The van der Waals surface area contributed by atoms with Gasteiger partial charge in [0.25, 0.3) is 5.69 Å². The van der Waals surface area contributed by atoms with Crippen molar-refractivity contribution in [2.24, 2.45) is 11.0 Å². The summed E-state index contributed by atoms with van der Waals surface area (Å²) in [6, 6.07) is 4.58. The number of nitrogens with one attached hydrogen (secondary N) is 2. The van der Waals surface area contributed by atoms with Crippen molar-refractivity contribution in [3.63, 3.8) is 0 Å². The van der Waals surface area contributed by atoms with Crippen molar-refractivity contribution in [1.29, 1.82) is 0 Å². The molecule has 0 aromatic heterocycles. The second kappa shape index (κ2) is 9.07. The summed E-state index contributed by atoms with van der Waals surface area (Å²) in [6.45, 7) is 3.93. The fourth-order valence-corrected chi connectivity index (χ4v) is 2.88. The molecule has 0 bridgehead atoms. The lowest BCUT2D eigenvalue weighted by atomic mass is 9.93. The van der Waals surface area contributed by atoms with E-state index in [0.29, 0.717) is 17.7 Å². The van der Waals surface area contributed by atoms with Crippen LogP contribution in [0, 0.1) is 16.0 Å². The SMILES string of the molecule is CCCCCCC(=O)Nc1ccc(C2=NNC(=O)CC2C)cc1[N+](=O)[O-]. The lowest BCUT2D eigenvalue weighted by Gasteiger charge is -2.19. The van der Waals surface area contributed by atoms with Gasteiger partial charge in [0.1, 0.15) is 5.69 Å². The second-order valence-electron chi connectivity index (χ2n) is 6.49. The van der Waals surface area contributed by atoms with E-state index in [9.17, 15) is 19.7 Å². The molecule has 0 saturated carbocycles. The maximum absolute atomic E-state index is 12.0. The van der Waals surface area contributed by atoms with E-state index in [1.165, 1.54) is 12.1 Å². The Morgan fingerprint density at radius 3 is 2.81 bits per heavy atom. The lowest BCUT2D eigenvalue weighted by Crippen LogP contribution is -2.32. The van der Waals surface area contributed by atoms with E-state index in [0.717, 1.165) is 25.7 Å². The van der Waals surface area contributed by atoms with Crippen LogP contribution in [-0.4, -0.2) is 22.4 Å². The van der Waals surface area contributed by atoms with Crippen LogP contribution < -0.4 is 10.7 Å². The topological polar surface area (TPSA) is 114 Å². The molecule has 1 aliphatic heterocycles. The molecule has 1 heterocycles. The highest BCUT2D eigenvalue weighted by atomic mass is 16.6. The van der Waals surface area contributed by atoms with Gasteiger partial charge in [-0.3, -0.25) is 19.7 Å². The van der Waals surface area contributed by atoms with Crippen molar-refractivity contribution >= 4 is 28.9 Å². The molecule has 1 aliphatic rings. The number of rotatable bonds is 8. The van der Waals surface area contributed by atoms with Gasteiger partial charge in [0.2, 0.25) is 11.8 Å². The third-order valence-electron chi connectivity index (χ3n) is 4.28. The molecule has 2 rings (SSSR count). The average Bonchev–Trinajstić information content (AvgIpc) is 2.59. The summed E-state index contributed by atoms with van der Waals surface area (Å²) in [4.78, 5) is 34.3. The first-order valence-corrected chi connectivity index (χ1v) is 8.87. The average molecular weight is 360 g/mol. The Labute approximate surface area is 152 Å². The van der Waals surface area contributed by atoms with Crippen molar-refractivity contribution in [2.45, 2.75) is 52.4 Å². The Bertz CT molecular complexity index is 730. The molecule has 8 heteroatoms. The van der Waals surface area contributed by atoms with Crippen LogP contribution in [0.2, 0.25) is 0 Å². The normalized spacial score (nSPS) is 16.6. The smallest absolute Gasteiger partial charge is 0.293 e. The zero-order valence-corrected chi connectivity index (χ0v) is 15.1. The predicted molar refractivity (Wildman–Crippen MR) is 98.9 cm³/mol. The first-order chi connectivity index (χ1) is 12.4. The molecule has 140 valence electrons. The van der Waals surface area contributed by atoms with Gasteiger partial charge in [-0.15, -0.1) is 0 Å². The summed E-state index contributed by atoms with van der Waals surface area (Å²) < 4.78 is 0. The maximum Gasteiger partial charge on any atom is 0.293 e. The van der Waals surface area contributed by atoms with Crippen LogP contribution in [-0.2, 0) is 9.59 Å². The number of nitro benzene ring substituents is 1. The number of carbonyl (C=O) groups is 2. The van der Waals surface area contributed by atoms with E-state index < -0.39 is 4.92 Å². The monoisotopic (exact) mass is 360 g/mol. The highest BCUT2D eigenvalue weighted by Crippen LogP contribution is 2.28. The molecule has 0 aliphatic carbocycles. The third kappa shape index (κ3) is 5.11. The van der Waals surface area contributed by atoms with Crippen LogP contribution in [0.3, 0.4) is 0 Å². The Kier molecular flexibility index (Phi) is 6.82. The molecule has 2 N–H and O–H groups in total. The Hall–Kier alpha value is -2.77. The quantitative estimate of drug-likeness (QED) is 0.420. The molecular formula is C18H24N4O4. The van der Waals surface area contributed by atoms with Gasteiger partial charge in [-0.2, -0.15) is 5.10 Å². The number of nitrogens with zero attached hydrogens (tertiary/aromatic N) is 2. The van der Waals surface area contributed by atoms with Crippen molar-refractivity contribution < 1.29 is 14.5 Å². The number of unbranched alkanes of at least 4 members (excludes halogenated alkanes) is 3. The molecule has 1 atom stereocenters. The van der Waals surface area contributed by atoms with E-state index in [2.05, 4.69) is 22.8 Å². The van der Waals surface area contributed by atoms with E-state index in [1.54, 1.807) is 6.07 Å². The van der Waals surface area contributed by atoms with Crippen LogP contribution >= 0.6 is 0 Å². The van der Waals surface area contributed by atoms with Crippen LogP contribution in [0.4, 0.5) is 11.4 Å². The van der Waals surface area contributed by atoms with Crippen molar-refractivity contribution in [3.05, 3.63) is 33.9 Å². The molecule has 1 aromatic rings. The van der Waals surface area contributed by atoms with Gasteiger partial charge in [0.15, 0.2) is 0 Å². The fraction of sp³-hybridized carbons (Fsp3) is 0.500. The Morgan fingerprint density at radius 1 is 1.38 bits per heavy atom. The molecule has 1 aromatic carbocycles. The van der Waals surface area contributed by atoms with Crippen LogP contribution in [0.15, 0.2) is 23.3 Å². The van der Waals surface area contributed by atoms with Crippen molar-refractivity contribution in [3.8, 4) is 0 Å². The van der Waals surface area contributed by atoms with Gasteiger partial charge in [-0.1, -0.05) is 39.2 Å². The number of benzene rings is 1. The van der Waals surface area contributed by atoms with E-state index in [4.69, 9.17) is 0 Å². The summed E-state index contributed by atoms with van der Waals surface area (Å²) in [5.74, 6) is -0.544. The first-order valence-electron chi connectivity index (χ1n) is 8.87. The zero-order valence-electron chi connectivity index (χ0n) is 15.1. The number of hydrogen-bond acceptors (Lipinski definition) is 5. The summed E-state index contributed by atoms with van der Waals surface area (Å²) in [6.07, 6.45) is 4.50. The number of hydrazone groups is 1. The molecule has 8 nitrogen and oxygen atoms in total. The standard InChI is InChI=1S/C18H24N4O4/c1-3-4-5-6-7-16(23)19-14-9-8-13(11-15(14)22(25)26)18-12(2)10-17(24)20-21-18/h8-9,11-12H,3-7,10H2,1-2H3,(H,19,23)(H,20,24). The molecule has 0 saturated heterocycles. The molecule has 0 spiro atoms. The van der Waals surface area contributed by atoms with E-state index in [-0.39, 0.29) is 35.5 Å². The highest BCUT2D eigenvalue weighted by molar-refractivity contribution is 6.06. The summed E-state index contributed by atoms with van der Waals surface area (Å²) in [5.41, 5.74) is 3.54. The highest BCUT2D eigenvalue weighted by Gasteiger charge is 2.24. The Balaban J connectivity index is 2.15. The summed E-state index contributed by atoms with van der Waals surface area (Å²) >= 11 is 0. The van der Waals surface area contributed by atoms with Crippen molar-refractivity contribution in [2.75, 3.05) is 5.32 Å². The van der Waals surface area contributed by atoms with E-state index >= 15 is 0 Å². The van der Waals surface area contributed by atoms with Gasteiger partial charge in [0, 0.05) is 30.4 Å². The fourth-order valence-electron chi connectivity index (χ4n) is 2.88. The van der Waals surface area contributed by atoms with Crippen LogP contribution in [0.1, 0.15) is 57.9 Å². The number of nitro groups is 1. The van der Waals surface area contributed by atoms with Gasteiger partial charge in [0.05, 0.1) is 10.6 Å². The van der Waals surface area contributed by atoms with Gasteiger partial charge >= 0.3 is 0 Å². The third-order valence-corrected chi connectivity index (χ3v) is 4.28. The zero-order chi connectivity index (χ0) is 19.1. The molecule has 1 unspecified atom stereocenters. The number of anilines is 1. The molecular weight excluding hydrogens is 336 g/mol. The minimum Gasteiger partial charge on any atom is -0.320 e. The minimum atomic E-state index is -0.525. The number of amides is 2. The summed E-state index contributed by atoms with van der Waals surface area (Å²) in [7, 11) is 0. The maximum atomic E-state index is 12.0. The minimum absolute atomic E-state index is 0.137.